The molecule has 1 aliphatic heterocycles. The van der Waals surface area contributed by atoms with Crippen molar-refractivity contribution in [2.24, 2.45) is 0 Å². The fraction of sp³-hybridized carbons (Fsp3) is 0.630. The summed E-state index contributed by atoms with van der Waals surface area (Å²) in [6.45, 7) is 17.1. The highest BCUT2D eigenvalue weighted by molar-refractivity contribution is 5.88. The summed E-state index contributed by atoms with van der Waals surface area (Å²) >= 11 is 0. The van der Waals surface area contributed by atoms with E-state index in [2.05, 4.69) is 41.3 Å². The molecule has 0 amide bonds. The van der Waals surface area contributed by atoms with Crippen molar-refractivity contribution in [3.05, 3.63) is 40.6 Å². The van der Waals surface area contributed by atoms with Crippen LogP contribution < -0.4 is 0 Å². The van der Waals surface area contributed by atoms with E-state index >= 15 is 0 Å². The Labute approximate surface area is 233 Å². The number of nitrogens with zero attached hydrogens (tertiary/aromatic N) is 4. The van der Waals surface area contributed by atoms with Gasteiger partial charge >= 0.3 is 17.9 Å². The average molecular weight is 567 g/mol. The molecular weight excluding hydrogens is 524 g/mol. The molecule has 0 atom stereocenters. The molecule has 13 heteroatoms. The molecule has 0 spiro atoms. The van der Waals surface area contributed by atoms with Gasteiger partial charge in [0.15, 0.2) is 5.60 Å². The molecule has 3 heterocycles. The monoisotopic (exact) mass is 566 g/mol. The summed E-state index contributed by atoms with van der Waals surface area (Å²) in [5.74, 6) is -3.00. The van der Waals surface area contributed by atoms with E-state index in [-0.39, 0.29) is 0 Å². The van der Waals surface area contributed by atoms with E-state index in [1.165, 1.54) is 11.3 Å². The third-order valence-electron chi connectivity index (χ3n) is 6.73. The Morgan fingerprint density at radius 3 is 2.12 bits per heavy atom. The number of rotatable bonds is 14. The first-order chi connectivity index (χ1) is 18.8. The van der Waals surface area contributed by atoms with E-state index in [9.17, 15) is 14.4 Å². The van der Waals surface area contributed by atoms with E-state index in [1.807, 2.05) is 13.0 Å². The summed E-state index contributed by atoms with van der Waals surface area (Å²) < 4.78 is 13.4. The third-order valence-corrected chi connectivity index (χ3v) is 6.73. The minimum atomic E-state index is -2.74. The van der Waals surface area contributed by atoms with Gasteiger partial charge in [-0.2, -0.15) is 5.10 Å². The number of morpholine rings is 1. The molecule has 1 fully saturated rings. The largest absolute Gasteiger partial charge is 0.481 e. The second-order valence-electron chi connectivity index (χ2n) is 9.97. The Morgan fingerprint density at radius 2 is 1.65 bits per heavy atom. The van der Waals surface area contributed by atoms with Gasteiger partial charge in [0, 0.05) is 44.0 Å². The van der Waals surface area contributed by atoms with Crippen molar-refractivity contribution < 1.29 is 44.0 Å². The lowest BCUT2D eigenvalue weighted by Gasteiger charge is -2.28. The van der Waals surface area contributed by atoms with Crippen LogP contribution in [-0.2, 0) is 38.8 Å². The van der Waals surface area contributed by atoms with Gasteiger partial charge in [-0.1, -0.05) is 0 Å². The van der Waals surface area contributed by atoms with Gasteiger partial charge in [0.25, 0.3) is 0 Å². The van der Waals surface area contributed by atoms with Crippen molar-refractivity contribution >= 4 is 17.9 Å². The van der Waals surface area contributed by atoms with Gasteiger partial charge in [0.1, 0.15) is 11.5 Å². The summed E-state index contributed by atoms with van der Waals surface area (Å²) in [5, 5.41) is 38.5. The highest BCUT2D eigenvalue weighted by atomic mass is 16.5. The van der Waals surface area contributed by atoms with Crippen molar-refractivity contribution in [2.75, 3.05) is 39.4 Å². The Hall–Kier alpha value is -3.26. The number of furan rings is 1. The fourth-order valence-electron chi connectivity index (χ4n) is 4.56. The molecule has 0 unspecified atom stereocenters. The molecule has 1 saturated heterocycles. The van der Waals surface area contributed by atoms with Crippen LogP contribution in [0.3, 0.4) is 0 Å². The highest BCUT2D eigenvalue weighted by Crippen LogP contribution is 2.19. The van der Waals surface area contributed by atoms with Crippen LogP contribution in [0.5, 0.6) is 0 Å². The zero-order chi connectivity index (χ0) is 29.9. The molecule has 2 aromatic rings. The standard InChI is InChI=1S/C21H34N4O2.C6H8O7/c1-5-25-19(4)21(18(3)22-25)16-24(15-20-8-7-17(2)27-20)10-6-9-23-11-13-26-14-12-23;7-3(8)1-6(13,5(11)12)2-4(9)10/h7-8H,5-6,9-16H2,1-4H3;13H,1-2H2,(H,7,8)(H,9,10)(H,11,12). The van der Waals surface area contributed by atoms with Crippen LogP contribution in [0.1, 0.15) is 54.7 Å². The maximum atomic E-state index is 10.3. The third kappa shape index (κ3) is 10.4. The lowest BCUT2D eigenvalue weighted by Crippen LogP contribution is -2.42. The van der Waals surface area contributed by atoms with Gasteiger partial charge in [-0.3, -0.25) is 24.1 Å². The van der Waals surface area contributed by atoms with Crippen LogP contribution in [0, 0.1) is 20.8 Å². The van der Waals surface area contributed by atoms with E-state index in [0.717, 1.165) is 82.7 Å². The number of carbonyl (C=O) groups is 3. The van der Waals surface area contributed by atoms with Crippen molar-refractivity contribution in [1.82, 2.24) is 19.6 Å². The number of aromatic nitrogens is 2. The Kier molecular flexibility index (Phi) is 12.8. The first kappa shape index (κ1) is 32.9. The van der Waals surface area contributed by atoms with E-state index in [1.54, 1.807) is 0 Å². The molecule has 3 rings (SSSR count). The maximum Gasteiger partial charge on any atom is 0.336 e. The smallest absolute Gasteiger partial charge is 0.336 e. The Bertz CT molecular complexity index is 1110. The molecule has 0 radical (unpaired) electrons. The number of carboxylic acid groups (broad SMARTS) is 3. The van der Waals surface area contributed by atoms with Crippen LogP contribution >= 0.6 is 0 Å². The van der Waals surface area contributed by atoms with Crippen molar-refractivity contribution in [3.8, 4) is 0 Å². The first-order valence-corrected chi connectivity index (χ1v) is 13.3. The fourth-order valence-corrected chi connectivity index (χ4v) is 4.56. The number of hydrogen-bond acceptors (Lipinski definition) is 9. The van der Waals surface area contributed by atoms with Crippen LogP contribution in [0.4, 0.5) is 0 Å². The predicted molar refractivity (Wildman–Crippen MR) is 144 cm³/mol. The van der Waals surface area contributed by atoms with Crippen molar-refractivity contribution in [1.29, 1.82) is 0 Å². The van der Waals surface area contributed by atoms with Crippen LogP contribution in [0.25, 0.3) is 0 Å². The van der Waals surface area contributed by atoms with Crippen molar-refractivity contribution in [3.63, 3.8) is 0 Å². The number of hydrogen-bond donors (Lipinski definition) is 4. The molecule has 0 aromatic carbocycles. The van der Waals surface area contributed by atoms with Crippen LogP contribution in [-0.4, -0.2) is 103 Å². The Balaban J connectivity index is 0.000000366. The first-order valence-electron chi connectivity index (χ1n) is 13.3. The van der Waals surface area contributed by atoms with Gasteiger partial charge in [0.05, 0.1) is 38.3 Å². The minimum Gasteiger partial charge on any atom is -0.481 e. The lowest BCUT2D eigenvalue weighted by molar-refractivity contribution is -0.170. The van der Waals surface area contributed by atoms with Crippen LogP contribution in [0.15, 0.2) is 16.5 Å². The molecule has 0 aliphatic carbocycles. The molecule has 1 aliphatic rings. The molecule has 224 valence electrons. The SMILES string of the molecule is CCn1nc(C)c(CN(CCCN2CCOCC2)Cc2ccc(C)o2)c1C.O=C(O)CC(O)(CC(=O)O)C(=O)O. The second kappa shape index (κ2) is 15.5. The molecule has 0 saturated carbocycles. The highest BCUT2D eigenvalue weighted by Gasteiger charge is 2.40. The predicted octanol–water partition coefficient (Wildman–Crippen LogP) is 1.90. The summed E-state index contributed by atoms with van der Waals surface area (Å²) in [6, 6.07) is 4.15. The number of carboxylic acids is 3. The van der Waals surface area contributed by atoms with Gasteiger partial charge in [-0.25, -0.2) is 4.79 Å². The molecule has 0 bridgehead atoms. The summed E-state index contributed by atoms with van der Waals surface area (Å²) in [7, 11) is 0. The van der Waals surface area contributed by atoms with Crippen LogP contribution in [0.2, 0.25) is 0 Å². The maximum absolute atomic E-state index is 10.3. The lowest BCUT2D eigenvalue weighted by atomic mass is 9.96. The zero-order valence-corrected chi connectivity index (χ0v) is 23.8. The molecule has 40 heavy (non-hydrogen) atoms. The zero-order valence-electron chi connectivity index (χ0n) is 23.8. The summed E-state index contributed by atoms with van der Waals surface area (Å²) in [4.78, 5) is 35.5. The second-order valence-corrected chi connectivity index (χ2v) is 9.97. The molecule has 4 N–H and O–H groups in total. The molecule has 2 aromatic heterocycles. The van der Waals surface area contributed by atoms with Gasteiger partial charge in [-0.05, 0) is 52.8 Å². The number of aliphatic hydroxyl groups is 1. The molecular formula is C27H42N4O9. The van der Waals surface area contributed by atoms with Gasteiger partial charge < -0.3 is 29.6 Å². The van der Waals surface area contributed by atoms with E-state index in [0.29, 0.717) is 0 Å². The number of aryl methyl sites for hydroxylation is 3. The van der Waals surface area contributed by atoms with E-state index in [4.69, 9.17) is 34.7 Å². The average Bonchev–Trinajstić information content (AvgIpc) is 3.40. The summed E-state index contributed by atoms with van der Waals surface area (Å²) in [6.07, 6.45) is -1.14. The van der Waals surface area contributed by atoms with E-state index < -0.39 is 36.4 Å². The summed E-state index contributed by atoms with van der Waals surface area (Å²) in [5.41, 5.74) is 1.04. The quantitative estimate of drug-likeness (QED) is 0.261. The molecule has 13 nitrogen and oxygen atoms in total. The number of ether oxygens (including phenoxy) is 1. The topological polar surface area (TPSA) is 179 Å². The number of aliphatic carboxylic acids is 3. The van der Waals surface area contributed by atoms with Gasteiger partial charge in [0.2, 0.25) is 0 Å². The van der Waals surface area contributed by atoms with Gasteiger partial charge in [-0.15, -0.1) is 0 Å². The normalized spacial score (nSPS) is 14.2. The Morgan fingerprint density at radius 1 is 1.02 bits per heavy atom. The minimum absolute atomic E-state index is 0.840. The van der Waals surface area contributed by atoms with Crippen molar-refractivity contribution in [2.45, 2.75) is 72.2 Å².